The minimum absolute atomic E-state index is 0.309. The quantitative estimate of drug-likeness (QED) is 0.689. The number of carbonyl (C=O) groups excluding carboxylic acids is 1. The second-order valence-corrected chi connectivity index (χ2v) is 5.60. The van der Waals surface area contributed by atoms with E-state index in [0.717, 1.165) is 22.2 Å². The number of fused-ring (bicyclic) bond motifs is 3. The number of hydrogen-bond donors (Lipinski definition) is 2. The van der Waals surface area contributed by atoms with Crippen LogP contribution in [0.1, 0.15) is 25.6 Å². The third-order valence-electron chi connectivity index (χ3n) is 3.93. The number of carbonyl (C=O) groups is 1. The summed E-state index contributed by atoms with van der Waals surface area (Å²) in [6.07, 6.45) is 0.961. The monoisotopic (exact) mass is 327 g/mol. The van der Waals surface area contributed by atoms with E-state index in [1.807, 2.05) is 31.2 Å². The lowest BCUT2D eigenvalue weighted by Gasteiger charge is -2.10. The first kappa shape index (κ1) is 16.2. The van der Waals surface area contributed by atoms with Crippen molar-refractivity contribution in [2.24, 2.45) is 5.73 Å². The highest BCUT2D eigenvalue weighted by Crippen LogP contribution is 2.29. The molecule has 0 saturated heterocycles. The fraction of sp³-hybridized carbons (Fsp3) is 0.353. The number of anilines is 1. The first-order valence-electron chi connectivity index (χ1n) is 8.01. The summed E-state index contributed by atoms with van der Waals surface area (Å²) in [5.74, 6) is 0.869. The summed E-state index contributed by atoms with van der Waals surface area (Å²) in [5, 5.41) is 0.982. The third kappa shape index (κ3) is 3.03. The summed E-state index contributed by atoms with van der Waals surface area (Å²) in [6.45, 7) is 3.54. The molecule has 0 aliphatic carbocycles. The predicted octanol–water partition coefficient (Wildman–Crippen LogP) is 1.97. The zero-order valence-corrected chi connectivity index (χ0v) is 13.7. The Morgan fingerprint density at radius 1 is 1.29 bits per heavy atom. The van der Waals surface area contributed by atoms with Gasteiger partial charge < -0.3 is 20.8 Å². The fourth-order valence-corrected chi connectivity index (χ4v) is 2.86. The number of aryl methyl sites for hydroxylation is 1. The fourth-order valence-electron chi connectivity index (χ4n) is 2.86. The van der Waals surface area contributed by atoms with Gasteiger partial charge >= 0.3 is 0 Å². The van der Waals surface area contributed by atoms with Crippen LogP contribution in [-0.4, -0.2) is 27.0 Å². The highest BCUT2D eigenvalue weighted by molar-refractivity contribution is 6.06. The number of para-hydroxylation sites is 1. The average molecular weight is 327 g/mol. The number of aromatic nitrogens is 3. The Balaban J connectivity index is 2.16. The SMILES string of the molecule is CCOCc1nc2c(N)nc3ccccc3c2n1CCCC(N)=O. The van der Waals surface area contributed by atoms with Crippen LogP contribution in [0.3, 0.4) is 0 Å². The van der Waals surface area contributed by atoms with Crippen molar-refractivity contribution in [3.05, 3.63) is 30.1 Å². The number of imidazole rings is 1. The summed E-state index contributed by atoms with van der Waals surface area (Å²) >= 11 is 0. The molecule has 126 valence electrons. The van der Waals surface area contributed by atoms with Crippen LogP contribution in [0.15, 0.2) is 24.3 Å². The van der Waals surface area contributed by atoms with Crippen molar-refractivity contribution >= 4 is 33.7 Å². The number of ether oxygens (including phenoxy) is 1. The van der Waals surface area contributed by atoms with Gasteiger partial charge in [-0.3, -0.25) is 4.79 Å². The third-order valence-corrected chi connectivity index (χ3v) is 3.93. The number of nitrogens with zero attached hydrogens (tertiary/aromatic N) is 3. The number of benzene rings is 1. The van der Waals surface area contributed by atoms with Gasteiger partial charge in [-0.05, 0) is 19.4 Å². The molecule has 0 unspecified atom stereocenters. The zero-order chi connectivity index (χ0) is 17.1. The second kappa shape index (κ2) is 6.84. The average Bonchev–Trinajstić information content (AvgIpc) is 2.92. The van der Waals surface area contributed by atoms with Crippen molar-refractivity contribution in [3.8, 4) is 0 Å². The molecular formula is C17H21N5O2. The van der Waals surface area contributed by atoms with Crippen LogP contribution in [0, 0.1) is 0 Å². The normalized spacial score (nSPS) is 11.4. The lowest BCUT2D eigenvalue weighted by atomic mass is 10.2. The molecule has 0 radical (unpaired) electrons. The van der Waals surface area contributed by atoms with Gasteiger partial charge in [0.1, 0.15) is 17.9 Å². The Labute approximate surface area is 139 Å². The molecule has 2 aromatic heterocycles. The van der Waals surface area contributed by atoms with Gasteiger partial charge in [-0.1, -0.05) is 18.2 Å². The molecule has 0 bridgehead atoms. The molecular weight excluding hydrogens is 306 g/mol. The van der Waals surface area contributed by atoms with Crippen LogP contribution in [0.5, 0.6) is 0 Å². The topological polar surface area (TPSA) is 109 Å². The van der Waals surface area contributed by atoms with E-state index in [9.17, 15) is 4.79 Å². The number of primary amides is 1. The van der Waals surface area contributed by atoms with Crippen molar-refractivity contribution in [1.29, 1.82) is 0 Å². The van der Waals surface area contributed by atoms with Crippen LogP contribution in [0.2, 0.25) is 0 Å². The molecule has 2 heterocycles. The van der Waals surface area contributed by atoms with Gasteiger partial charge in [-0.15, -0.1) is 0 Å². The molecule has 4 N–H and O–H groups in total. The van der Waals surface area contributed by atoms with E-state index in [0.29, 0.717) is 43.9 Å². The molecule has 3 rings (SSSR count). The Kier molecular flexibility index (Phi) is 4.61. The minimum atomic E-state index is -0.309. The first-order chi connectivity index (χ1) is 11.6. The number of rotatable bonds is 7. The molecule has 1 amide bonds. The molecule has 0 aliphatic heterocycles. The summed E-state index contributed by atoms with van der Waals surface area (Å²) in [7, 11) is 0. The largest absolute Gasteiger partial charge is 0.382 e. The van der Waals surface area contributed by atoms with Gasteiger partial charge in [-0.25, -0.2) is 9.97 Å². The molecule has 1 aromatic carbocycles. The highest BCUT2D eigenvalue weighted by Gasteiger charge is 2.17. The standard InChI is InChI=1S/C17H21N5O2/c1-2-24-10-14-21-15-16(22(14)9-5-8-13(18)23)11-6-3-4-7-12(11)20-17(15)19/h3-4,6-7H,2,5,8-10H2,1H3,(H2,18,23)(H2,19,20). The Morgan fingerprint density at radius 3 is 2.83 bits per heavy atom. The number of nitrogens with two attached hydrogens (primary N) is 2. The predicted molar refractivity (Wildman–Crippen MR) is 93.2 cm³/mol. The highest BCUT2D eigenvalue weighted by atomic mass is 16.5. The maximum absolute atomic E-state index is 11.1. The number of amides is 1. The van der Waals surface area contributed by atoms with Gasteiger partial charge in [-0.2, -0.15) is 0 Å². The van der Waals surface area contributed by atoms with Crippen molar-refractivity contribution in [1.82, 2.24) is 14.5 Å². The molecule has 0 spiro atoms. The van der Waals surface area contributed by atoms with Crippen LogP contribution >= 0.6 is 0 Å². The van der Waals surface area contributed by atoms with Crippen molar-refractivity contribution in [3.63, 3.8) is 0 Å². The van der Waals surface area contributed by atoms with E-state index < -0.39 is 0 Å². The molecule has 0 fully saturated rings. The van der Waals surface area contributed by atoms with Gasteiger partial charge in [0.15, 0.2) is 5.82 Å². The van der Waals surface area contributed by atoms with Crippen LogP contribution in [-0.2, 0) is 22.7 Å². The van der Waals surface area contributed by atoms with E-state index in [2.05, 4.69) is 14.5 Å². The molecule has 24 heavy (non-hydrogen) atoms. The van der Waals surface area contributed by atoms with Crippen LogP contribution < -0.4 is 11.5 Å². The Bertz CT molecular complexity index is 887. The number of nitrogen functional groups attached to an aromatic ring is 1. The first-order valence-corrected chi connectivity index (χ1v) is 8.01. The van der Waals surface area contributed by atoms with Crippen molar-refractivity contribution in [2.75, 3.05) is 12.3 Å². The summed E-state index contributed by atoms with van der Waals surface area (Å²) < 4.78 is 7.60. The molecule has 7 nitrogen and oxygen atoms in total. The number of hydrogen-bond acceptors (Lipinski definition) is 5. The second-order valence-electron chi connectivity index (χ2n) is 5.60. The van der Waals surface area contributed by atoms with E-state index in [4.69, 9.17) is 16.2 Å². The number of pyridine rings is 1. The molecule has 3 aromatic rings. The lowest BCUT2D eigenvalue weighted by Crippen LogP contribution is -2.13. The molecule has 0 atom stereocenters. The minimum Gasteiger partial charge on any atom is -0.382 e. The van der Waals surface area contributed by atoms with E-state index in [1.165, 1.54) is 0 Å². The van der Waals surface area contributed by atoms with Crippen LogP contribution in [0.4, 0.5) is 5.82 Å². The van der Waals surface area contributed by atoms with E-state index in [-0.39, 0.29) is 5.91 Å². The Hall–Kier alpha value is -2.67. The maximum Gasteiger partial charge on any atom is 0.217 e. The Morgan fingerprint density at radius 2 is 2.08 bits per heavy atom. The van der Waals surface area contributed by atoms with Crippen molar-refractivity contribution in [2.45, 2.75) is 32.9 Å². The van der Waals surface area contributed by atoms with Gasteiger partial charge in [0.2, 0.25) is 5.91 Å². The van der Waals surface area contributed by atoms with Crippen molar-refractivity contribution < 1.29 is 9.53 Å². The molecule has 7 heteroatoms. The van der Waals surface area contributed by atoms with Gasteiger partial charge in [0, 0.05) is 25.0 Å². The van der Waals surface area contributed by atoms with E-state index in [1.54, 1.807) is 0 Å². The zero-order valence-electron chi connectivity index (χ0n) is 13.7. The molecule has 0 aliphatic rings. The molecule has 0 saturated carbocycles. The lowest BCUT2D eigenvalue weighted by molar-refractivity contribution is -0.118. The van der Waals surface area contributed by atoms with E-state index >= 15 is 0 Å². The smallest absolute Gasteiger partial charge is 0.217 e. The summed E-state index contributed by atoms with van der Waals surface area (Å²) in [4.78, 5) is 20.1. The van der Waals surface area contributed by atoms with Gasteiger partial charge in [0.05, 0.1) is 11.0 Å². The maximum atomic E-state index is 11.1. The van der Waals surface area contributed by atoms with Crippen LogP contribution in [0.25, 0.3) is 21.9 Å². The van der Waals surface area contributed by atoms with Gasteiger partial charge in [0.25, 0.3) is 0 Å². The summed E-state index contributed by atoms with van der Waals surface area (Å²) in [5.41, 5.74) is 13.8. The summed E-state index contributed by atoms with van der Waals surface area (Å²) in [6, 6.07) is 7.81.